The maximum Gasteiger partial charge on any atom is 0.335 e. The van der Waals surface area contributed by atoms with Gasteiger partial charge in [-0.05, 0) is 49.2 Å². The van der Waals surface area contributed by atoms with Gasteiger partial charge in [0.1, 0.15) is 12.1 Å². The van der Waals surface area contributed by atoms with Crippen molar-refractivity contribution in [1.82, 2.24) is 9.88 Å². The van der Waals surface area contributed by atoms with Crippen molar-refractivity contribution in [2.45, 2.75) is 20.4 Å². The van der Waals surface area contributed by atoms with Crippen LogP contribution in [-0.2, 0) is 25.7 Å². The number of methoxy groups -OCH3 is 1. The van der Waals surface area contributed by atoms with E-state index in [2.05, 4.69) is 5.32 Å². The van der Waals surface area contributed by atoms with Gasteiger partial charge in [0.25, 0.3) is 11.8 Å². The van der Waals surface area contributed by atoms with E-state index in [4.69, 9.17) is 4.74 Å². The van der Waals surface area contributed by atoms with Gasteiger partial charge in [-0.25, -0.2) is 9.69 Å². The van der Waals surface area contributed by atoms with Gasteiger partial charge in [0.2, 0.25) is 0 Å². The number of amides is 4. The number of carbonyl (C=O) groups is 4. The lowest BCUT2D eigenvalue weighted by molar-refractivity contribution is -0.141. The first-order valence-corrected chi connectivity index (χ1v) is 9.93. The van der Waals surface area contributed by atoms with Crippen LogP contribution in [0.4, 0.5) is 10.5 Å². The second-order valence-electron chi connectivity index (χ2n) is 7.53. The number of esters is 1. The molecule has 0 saturated carbocycles. The molecule has 4 amide bonds. The molecule has 1 aliphatic rings. The highest BCUT2D eigenvalue weighted by molar-refractivity contribution is 6.39. The van der Waals surface area contributed by atoms with Gasteiger partial charge in [0.05, 0.1) is 12.8 Å². The number of hydrogen-bond donors (Lipinski definition) is 1. The molecule has 0 unspecified atom stereocenters. The molecular weight excluding hydrogens is 410 g/mol. The Hall–Kier alpha value is -4.20. The third-order valence-electron chi connectivity index (χ3n) is 5.50. The van der Waals surface area contributed by atoms with E-state index in [1.54, 1.807) is 22.9 Å². The summed E-state index contributed by atoms with van der Waals surface area (Å²) in [7, 11) is 1.31. The number of carbonyl (C=O) groups excluding carboxylic acids is 4. The fraction of sp³-hybridized carbons (Fsp3) is 0.167. The summed E-state index contributed by atoms with van der Waals surface area (Å²) in [6, 6.07) is 11.7. The zero-order chi connectivity index (χ0) is 23.0. The van der Waals surface area contributed by atoms with Gasteiger partial charge in [0.15, 0.2) is 0 Å². The van der Waals surface area contributed by atoms with Gasteiger partial charge in [-0.1, -0.05) is 24.3 Å². The molecule has 0 atom stereocenters. The second-order valence-corrected chi connectivity index (χ2v) is 7.53. The molecule has 3 aromatic rings. The van der Waals surface area contributed by atoms with Crippen molar-refractivity contribution in [3.8, 4) is 0 Å². The molecule has 0 aliphatic carbocycles. The smallest absolute Gasteiger partial charge is 0.335 e. The van der Waals surface area contributed by atoms with Crippen LogP contribution in [-0.4, -0.2) is 35.5 Å². The monoisotopic (exact) mass is 431 g/mol. The molecule has 1 fully saturated rings. The largest absolute Gasteiger partial charge is 0.468 e. The van der Waals surface area contributed by atoms with E-state index in [9.17, 15) is 19.2 Å². The summed E-state index contributed by atoms with van der Waals surface area (Å²) in [6.45, 7) is 3.78. The van der Waals surface area contributed by atoms with Crippen LogP contribution in [0, 0.1) is 13.8 Å². The maximum absolute atomic E-state index is 13.2. The van der Waals surface area contributed by atoms with Gasteiger partial charge < -0.3 is 9.30 Å². The van der Waals surface area contributed by atoms with Crippen LogP contribution in [0.2, 0.25) is 0 Å². The zero-order valence-electron chi connectivity index (χ0n) is 17.8. The predicted molar refractivity (Wildman–Crippen MR) is 119 cm³/mol. The Balaban J connectivity index is 1.79. The molecule has 0 radical (unpaired) electrons. The maximum atomic E-state index is 13.2. The summed E-state index contributed by atoms with van der Waals surface area (Å²) in [6.07, 6.45) is 3.11. The predicted octanol–water partition coefficient (Wildman–Crippen LogP) is 3.10. The minimum Gasteiger partial charge on any atom is -0.468 e. The normalized spacial score (nSPS) is 15.4. The van der Waals surface area contributed by atoms with Crippen LogP contribution in [0.3, 0.4) is 0 Å². The molecule has 1 saturated heterocycles. The number of imide groups is 2. The van der Waals surface area contributed by atoms with Crippen LogP contribution < -0.4 is 10.2 Å². The quantitative estimate of drug-likeness (QED) is 0.389. The molecule has 1 N–H and O–H groups in total. The molecule has 2 heterocycles. The number of nitrogens with zero attached hydrogens (tertiary/aromatic N) is 2. The van der Waals surface area contributed by atoms with Crippen LogP contribution in [0.5, 0.6) is 0 Å². The lowest BCUT2D eigenvalue weighted by Gasteiger charge is -2.26. The number of nitrogens with one attached hydrogen (secondary N) is 1. The number of fused-ring (bicyclic) bond motifs is 1. The fourth-order valence-corrected chi connectivity index (χ4v) is 3.64. The minimum atomic E-state index is -0.798. The van der Waals surface area contributed by atoms with Crippen molar-refractivity contribution < 1.29 is 23.9 Å². The first kappa shape index (κ1) is 21.0. The topological polar surface area (TPSA) is 97.7 Å². The fourth-order valence-electron chi connectivity index (χ4n) is 3.64. The number of barbiturate groups is 1. The lowest BCUT2D eigenvalue weighted by Crippen LogP contribution is -2.54. The highest BCUT2D eigenvalue weighted by Gasteiger charge is 2.37. The van der Waals surface area contributed by atoms with Crippen molar-refractivity contribution in [3.05, 3.63) is 70.9 Å². The molecular formula is C24H21N3O5. The van der Waals surface area contributed by atoms with E-state index < -0.39 is 23.8 Å². The van der Waals surface area contributed by atoms with Crippen LogP contribution in [0.25, 0.3) is 17.0 Å². The summed E-state index contributed by atoms with van der Waals surface area (Å²) in [5.74, 6) is -1.92. The molecule has 2 aromatic carbocycles. The van der Waals surface area contributed by atoms with Crippen molar-refractivity contribution in [2.75, 3.05) is 12.0 Å². The number of anilines is 1. The van der Waals surface area contributed by atoms with Crippen LogP contribution in [0.15, 0.2) is 54.2 Å². The van der Waals surface area contributed by atoms with Gasteiger partial charge in [-0.3, -0.25) is 19.7 Å². The first-order chi connectivity index (χ1) is 15.3. The number of aromatic nitrogens is 1. The Bertz CT molecular complexity index is 1320. The van der Waals surface area contributed by atoms with Crippen molar-refractivity contribution in [1.29, 1.82) is 0 Å². The molecule has 4 rings (SSSR count). The molecule has 1 aromatic heterocycles. The Kier molecular flexibility index (Phi) is 5.36. The van der Waals surface area contributed by atoms with Crippen molar-refractivity contribution in [2.24, 2.45) is 0 Å². The molecule has 1 aliphatic heterocycles. The number of urea groups is 1. The number of rotatable bonds is 4. The van der Waals surface area contributed by atoms with E-state index >= 15 is 0 Å². The van der Waals surface area contributed by atoms with Gasteiger partial charge in [-0.15, -0.1) is 0 Å². The summed E-state index contributed by atoms with van der Waals surface area (Å²) in [5, 5.41) is 2.99. The summed E-state index contributed by atoms with van der Waals surface area (Å²) < 4.78 is 6.44. The summed E-state index contributed by atoms with van der Waals surface area (Å²) in [5.41, 5.74) is 3.44. The Labute approximate surface area is 184 Å². The van der Waals surface area contributed by atoms with E-state index in [-0.39, 0.29) is 12.1 Å². The molecule has 0 bridgehead atoms. The summed E-state index contributed by atoms with van der Waals surface area (Å²) >= 11 is 0. The van der Waals surface area contributed by atoms with Crippen molar-refractivity contribution >= 4 is 46.5 Å². The highest BCUT2D eigenvalue weighted by atomic mass is 16.5. The SMILES string of the molecule is COC(=O)Cn1cc(/C=C2/C(=O)NC(=O)N(c3ccc(C)c(C)c3)C2=O)c2ccccc21. The molecule has 162 valence electrons. The highest BCUT2D eigenvalue weighted by Crippen LogP contribution is 2.27. The lowest BCUT2D eigenvalue weighted by atomic mass is 10.0. The Morgan fingerprint density at radius 3 is 2.53 bits per heavy atom. The number of ether oxygens (including phenoxy) is 1. The third kappa shape index (κ3) is 3.66. The number of para-hydroxylation sites is 1. The van der Waals surface area contributed by atoms with Gasteiger partial charge in [-0.2, -0.15) is 0 Å². The molecule has 0 spiro atoms. The average molecular weight is 431 g/mol. The number of benzene rings is 2. The first-order valence-electron chi connectivity index (χ1n) is 9.93. The number of aryl methyl sites for hydroxylation is 2. The Morgan fingerprint density at radius 1 is 1.06 bits per heavy atom. The van der Waals surface area contributed by atoms with Crippen LogP contribution >= 0.6 is 0 Å². The van der Waals surface area contributed by atoms with E-state index in [1.807, 2.05) is 44.2 Å². The van der Waals surface area contributed by atoms with Gasteiger partial charge >= 0.3 is 12.0 Å². The standard InChI is InChI=1S/C24H21N3O5/c1-14-8-9-17(10-15(14)2)27-23(30)19(22(29)25-24(27)31)11-16-12-26(13-21(28)32-3)20-7-5-4-6-18(16)20/h4-12H,13H2,1-3H3,(H,25,29,31)/b19-11-. The van der Waals surface area contributed by atoms with E-state index in [1.165, 1.54) is 13.2 Å². The minimum absolute atomic E-state index is 0.0203. The van der Waals surface area contributed by atoms with Gasteiger partial charge in [0, 0.05) is 22.7 Å². The number of hydrogen-bond acceptors (Lipinski definition) is 5. The average Bonchev–Trinajstić information content (AvgIpc) is 3.10. The molecule has 8 nitrogen and oxygen atoms in total. The van der Waals surface area contributed by atoms with E-state index in [0.29, 0.717) is 11.3 Å². The second kappa shape index (κ2) is 8.14. The summed E-state index contributed by atoms with van der Waals surface area (Å²) in [4.78, 5) is 51.0. The molecule has 32 heavy (non-hydrogen) atoms. The Morgan fingerprint density at radius 2 is 1.81 bits per heavy atom. The zero-order valence-corrected chi connectivity index (χ0v) is 17.8. The van der Waals surface area contributed by atoms with E-state index in [0.717, 1.165) is 26.9 Å². The van der Waals surface area contributed by atoms with Crippen LogP contribution in [0.1, 0.15) is 16.7 Å². The molecule has 8 heteroatoms. The third-order valence-corrected chi connectivity index (χ3v) is 5.50. The van der Waals surface area contributed by atoms with Crippen molar-refractivity contribution in [3.63, 3.8) is 0 Å².